The average Bonchev–Trinajstić information content (AvgIpc) is 3.12. The molecule has 0 radical (unpaired) electrons. The van der Waals surface area contributed by atoms with E-state index in [2.05, 4.69) is 0 Å². The Labute approximate surface area is 168 Å². The molecule has 156 valence electrons. The van der Waals surface area contributed by atoms with Gasteiger partial charge in [-0.25, -0.2) is 9.59 Å². The predicted molar refractivity (Wildman–Crippen MR) is 109 cm³/mol. The Bertz CT molecular complexity index is 481. The fourth-order valence-corrected chi connectivity index (χ4v) is 4.85. The number of thioether (sulfide) groups is 1. The molecule has 2 rings (SSSR count). The van der Waals surface area contributed by atoms with E-state index in [4.69, 9.17) is 9.47 Å². The zero-order chi connectivity index (χ0) is 20.2. The van der Waals surface area contributed by atoms with Gasteiger partial charge >= 0.3 is 12.2 Å². The Morgan fingerprint density at radius 1 is 0.815 bits per heavy atom. The van der Waals surface area contributed by atoms with Crippen molar-refractivity contribution in [1.82, 2.24) is 9.80 Å². The minimum absolute atomic E-state index is 0.207. The molecule has 0 aliphatic carbocycles. The van der Waals surface area contributed by atoms with Crippen LogP contribution in [0.2, 0.25) is 0 Å². The van der Waals surface area contributed by atoms with Crippen LogP contribution in [0.4, 0.5) is 9.59 Å². The molecule has 0 aromatic rings. The van der Waals surface area contributed by atoms with Gasteiger partial charge in [-0.05, 0) is 67.2 Å². The lowest BCUT2D eigenvalue weighted by Gasteiger charge is -2.30. The van der Waals surface area contributed by atoms with E-state index < -0.39 is 11.2 Å². The minimum atomic E-state index is -0.463. The Hall–Kier alpha value is -1.11. The number of ether oxygens (including phenoxy) is 2. The van der Waals surface area contributed by atoms with Crippen LogP contribution in [-0.2, 0) is 9.47 Å². The molecule has 2 saturated heterocycles. The van der Waals surface area contributed by atoms with E-state index in [9.17, 15) is 9.59 Å². The second kappa shape index (κ2) is 8.93. The maximum Gasteiger partial charge on any atom is 0.410 e. The average molecular weight is 401 g/mol. The molecule has 2 aliphatic heterocycles. The molecule has 2 fully saturated rings. The minimum Gasteiger partial charge on any atom is -0.444 e. The Balaban J connectivity index is 1.80. The topological polar surface area (TPSA) is 59.1 Å². The van der Waals surface area contributed by atoms with Crippen molar-refractivity contribution >= 4 is 23.9 Å². The molecule has 0 spiro atoms. The zero-order valence-electron chi connectivity index (χ0n) is 17.7. The number of hydrogen-bond acceptors (Lipinski definition) is 5. The maximum absolute atomic E-state index is 12.4. The van der Waals surface area contributed by atoms with Gasteiger partial charge in [0.1, 0.15) is 11.2 Å². The zero-order valence-corrected chi connectivity index (χ0v) is 18.6. The van der Waals surface area contributed by atoms with E-state index in [0.717, 1.165) is 50.3 Å². The first kappa shape index (κ1) is 22.2. The van der Waals surface area contributed by atoms with Crippen LogP contribution in [0.5, 0.6) is 0 Å². The number of nitrogens with zero attached hydrogens (tertiary/aromatic N) is 2. The van der Waals surface area contributed by atoms with Gasteiger partial charge in [0.25, 0.3) is 0 Å². The lowest BCUT2D eigenvalue weighted by atomic mass is 10.2. The number of hydrogen-bond donors (Lipinski definition) is 0. The largest absolute Gasteiger partial charge is 0.444 e. The third kappa shape index (κ3) is 7.09. The number of carbonyl (C=O) groups excluding carboxylic acids is 2. The Morgan fingerprint density at radius 3 is 1.52 bits per heavy atom. The standard InChI is InChI=1S/C20H36N2O4S/c1-19(2,3)25-17(23)21-11-7-9-15(21)13-27-14-16-10-8-12-22(16)18(24)26-20(4,5)6/h15-16H,7-14H2,1-6H3/t15-,16-/m0/s1. The van der Waals surface area contributed by atoms with Crippen LogP contribution in [0, 0.1) is 0 Å². The fourth-order valence-electron chi connectivity index (χ4n) is 3.48. The predicted octanol–water partition coefficient (Wildman–Crippen LogP) is 4.52. The summed E-state index contributed by atoms with van der Waals surface area (Å²) in [6.07, 6.45) is 3.68. The summed E-state index contributed by atoms with van der Waals surface area (Å²) in [6.45, 7) is 12.9. The first-order chi connectivity index (χ1) is 12.5. The van der Waals surface area contributed by atoms with E-state index in [1.807, 2.05) is 63.1 Å². The van der Waals surface area contributed by atoms with Gasteiger partial charge in [-0.3, -0.25) is 0 Å². The van der Waals surface area contributed by atoms with Crippen LogP contribution >= 0.6 is 11.8 Å². The van der Waals surface area contributed by atoms with Crippen molar-refractivity contribution in [2.75, 3.05) is 24.6 Å². The van der Waals surface area contributed by atoms with Crippen molar-refractivity contribution in [2.24, 2.45) is 0 Å². The molecule has 2 aliphatic rings. The summed E-state index contributed by atoms with van der Waals surface area (Å²) in [5.41, 5.74) is -0.926. The van der Waals surface area contributed by atoms with E-state index in [-0.39, 0.29) is 24.3 Å². The van der Waals surface area contributed by atoms with E-state index in [1.165, 1.54) is 0 Å². The third-order valence-corrected chi connectivity index (χ3v) is 5.87. The molecule has 7 heteroatoms. The highest BCUT2D eigenvalue weighted by atomic mass is 32.2. The van der Waals surface area contributed by atoms with Gasteiger partial charge in [0, 0.05) is 36.7 Å². The van der Waals surface area contributed by atoms with Gasteiger partial charge in [0.2, 0.25) is 0 Å². The highest BCUT2D eigenvalue weighted by Crippen LogP contribution is 2.27. The van der Waals surface area contributed by atoms with Gasteiger partial charge in [-0.2, -0.15) is 11.8 Å². The highest BCUT2D eigenvalue weighted by Gasteiger charge is 2.34. The summed E-state index contributed by atoms with van der Waals surface area (Å²) in [6, 6.07) is 0.447. The quantitative estimate of drug-likeness (QED) is 0.694. The molecule has 6 nitrogen and oxygen atoms in total. The molecule has 2 heterocycles. The Kier molecular flexibility index (Phi) is 7.33. The van der Waals surface area contributed by atoms with Crippen LogP contribution in [0.25, 0.3) is 0 Å². The number of carbonyl (C=O) groups is 2. The summed E-state index contributed by atoms with van der Waals surface area (Å²) in [4.78, 5) is 28.5. The van der Waals surface area contributed by atoms with Gasteiger partial charge in [-0.15, -0.1) is 0 Å². The fraction of sp³-hybridized carbons (Fsp3) is 0.900. The summed E-state index contributed by atoms with van der Waals surface area (Å²) >= 11 is 1.83. The second-order valence-corrected chi connectivity index (χ2v) is 10.6. The van der Waals surface area contributed by atoms with E-state index >= 15 is 0 Å². The number of amides is 2. The van der Waals surface area contributed by atoms with Crippen LogP contribution in [-0.4, -0.2) is 69.9 Å². The van der Waals surface area contributed by atoms with E-state index in [0.29, 0.717) is 0 Å². The van der Waals surface area contributed by atoms with Gasteiger partial charge < -0.3 is 19.3 Å². The molecule has 2 amide bonds. The van der Waals surface area contributed by atoms with Crippen molar-refractivity contribution in [3.63, 3.8) is 0 Å². The molecule has 0 N–H and O–H groups in total. The molecule has 0 aromatic heterocycles. The van der Waals surface area contributed by atoms with Crippen molar-refractivity contribution in [3.8, 4) is 0 Å². The monoisotopic (exact) mass is 400 g/mol. The van der Waals surface area contributed by atoms with Gasteiger partial charge in [0.05, 0.1) is 0 Å². The maximum atomic E-state index is 12.4. The van der Waals surface area contributed by atoms with Crippen LogP contribution < -0.4 is 0 Å². The summed E-state index contributed by atoms with van der Waals surface area (Å²) in [7, 11) is 0. The number of rotatable bonds is 4. The molecule has 2 atom stereocenters. The molecular formula is C20H36N2O4S. The molecule has 0 aromatic carbocycles. The van der Waals surface area contributed by atoms with Crippen molar-refractivity contribution in [3.05, 3.63) is 0 Å². The lowest BCUT2D eigenvalue weighted by Crippen LogP contribution is -2.42. The van der Waals surface area contributed by atoms with Crippen LogP contribution in [0.15, 0.2) is 0 Å². The Morgan fingerprint density at radius 2 is 1.19 bits per heavy atom. The smallest absolute Gasteiger partial charge is 0.410 e. The molecule has 0 bridgehead atoms. The first-order valence-corrected chi connectivity index (χ1v) is 11.2. The van der Waals surface area contributed by atoms with Crippen molar-refractivity contribution in [2.45, 2.75) is 90.5 Å². The molecule has 0 unspecified atom stereocenters. The first-order valence-electron chi connectivity index (χ1n) is 10.0. The summed E-state index contributed by atoms with van der Waals surface area (Å²) in [5.74, 6) is 1.77. The van der Waals surface area contributed by atoms with Crippen molar-refractivity contribution in [1.29, 1.82) is 0 Å². The van der Waals surface area contributed by atoms with Crippen LogP contribution in [0.3, 0.4) is 0 Å². The lowest BCUT2D eigenvalue weighted by molar-refractivity contribution is 0.0234. The normalized spacial score (nSPS) is 23.6. The molecule has 27 heavy (non-hydrogen) atoms. The van der Waals surface area contributed by atoms with Crippen molar-refractivity contribution < 1.29 is 19.1 Å². The highest BCUT2D eigenvalue weighted by molar-refractivity contribution is 7.99. The van der Waals surface area contributed by atoms with E-state index in [1.54, 1.807) is 0 Å². The van der Waals surface area contributed by atoms with Crippen LogP contribution in [0.1, 0.15) is 67.2 Å². The number of likely N-dealkylation sites (tertiary alicyclic amines) is 2. The SMILES string of the molecule is CC(C)(C)OC(=O)N1CCC[C@H]1CSC[C@@H]1CCCN1C(=O)OC(C)(C)C. The second-order valence-electron chi connectivity index (χ2n) is 9.48. The summed E-state index contributed by atoms with van der Waals surface area (Å²) < 4.78 is 11.1. The van der Waals surface area contributed by atoms with Gasteiger partial charge in [-0.1, -0.05) is 0 Å². The summed E-state index contributed by atoms with van der Waals surface area (Å²) in [5, 5.41) is 0. The van der Waals surface area contributed by atoms with Gasteiger partial charge in [0.15, 0.2) is 0 Å². The third-order valence-electron chi connectivity index (χ3n) is 4.63. The molecular weight excluding hydrogens is 364 g/mol. The molecule has 0 saturated carbocycles.